The quantitative estimate of drug-likeness (QED) is 0.680. The molecule has 0 amide bonds. The lowest BCUT2D eigenvalue weighted by atomic mass is 10.1. The number of carbonyl (C=O) groups is 1. The Labute approximate surface area is 78.5 Å². The summed E-state index contributed by atoms with van der Waals surface area (Å²) >= 11 is 0. The van der Waals surface area contributed by atoms with Crippen LogP contribution in [0.2, 0.25) is 0 Å². The number of nitriles is 1. The highest BCUT2D eigenvalue weighted by Gasteiger charge is 2.12. The molecule has 0 atom stereocenters. The van der Waals surface area contributed by atoms with Gasteiger partial charge in [0.25, 0.3) is 0 Å². The van der Waals surface area contributed by atoms with Crippen molar-refractivity contribution in [3.8, 4) is 6.07 Å². The first kappa shape index (κ1) is 10.1. The van der Waals surface area contributed by atoms with Crippen molar-refractivity contribution < 1.29 is 18.3 Å². The van der Waals surface area contributed by atoms with E-state index < -0.39 is 12.6 Å². The van der Waals surface area contributed by atoms with Crippen molar-refractivity contribution in [2.75, 3.05) is 0 Å². The molecule has 72 valence electrons. The van der Waals surface area contributed by atoms with Crippen LogP contribution in [-0.4, -0.2) is 12.6 Å². The van der Waals surface area contributed by atoms with Crippen molar-refractivity contribution in [3.63, 3.8) is 0 Å². The Morgan fingerprint density at radius 1 is 1.36 bits per heavy atom. The minimum Gasteiger partial charge on any atom is -0.399 e. The molecule has 0 saturated heterocycles. The number of hydrogen-bond acceptors (Lipinski definition) is 3. The Bertz CT molecular complexity index is 367. The molecule has 0 aliphatic carbocycles. The molecule has 0 aliphatic rings. The number of hydrogen-bond donors (Lipinski definition) is 0. The molecule has 5 heteroatoms. The first-order valence-corrected chi connectivity index (χ1v) is 3.63. The van der Waals surface area contributed by atoms with Gasteiger partial charge in [0.15, 0.2) is 0 Å². The Balaban J connectivity index is 2.78. The van der Waals surface area contributed by atoms with Gasteiger partial charge >= 0.3 is 12.6 Å². The summed E-state index contributed by atoms with van der Waals surface area (Å²) in [7, 11) is 0. The number of rotatable bonds is 2. The first-order valence-electron chi connectivity index (χ1n) is 3.63. The van der Waals surface area contributed by atoms with Crippen molar-refractivity contribution in [1.29, 1.82) is 5.26 Å². The van der Waals surface area contributed by atoms with Crippen LogP contribution in [-0.2, 0) is 4.74 Å². The van der Waals surface area contributed by atoms with E-state index in [-0.39, 0.29) is 5.56 Å². The zero-order chi connectivity index (χ0) is 10.6. The molecule has 3 nitrogen and oxygen atoms in total. The van der Waals surface area contributed by atoms with E-state index in [4.69, 9.17) is 5.26 Å². The molecule has 0 unspecified atom stereocenters. The molecule has 0 radical (unpaired) electrons. The number of benzene rings is 1. The molecule has 0 aromatic heterocycles. The Morgan fingerprint density at radius 3 is 2.36 bits per heavy atom. The number of alkyl halides is 2. The van der Waals surface area contributed by atoms with Gasteiger partial charge in [0.05, 0.1) is 17.2 Å². The molecular formula is C9H5F2NO2. The smallest absolute Gasteiger partial charge is 0.389 e. The van der Waals surface area contributed by atoms with E-state index in [9.17, 15) is 13.6 Å². The summed E-state index contributed by atoms with van der Waals surface area (Å²) in [4.78, 5) is 10.9. The monoisotopic (exact) mass is 197 g/mol. The van der Waals surface area contributed by atoms with Crippen LogP contribution in [0.25, 0.3) is 0 Å². The van der Waals surface area contributed by atoms with Gasteiger partial charge in [-0.3, -0.25) is 0 Å². The van der Waals surface area contributed by atoms with Gasteiger partial charge in [-0.05, 0) is 24.3 Å². The van der Waals surface area contributed by atoms with E-state index in [0.717, 1.165) is 0 Å². The summed E-state index contributed by atoms with van der Waals surface area (Å²) in [5.41, 5.74) is 0.336. The molecule has 0 spiro atoms. The lowest BCUT2D eigenvalue weighted by Crippen LogP contribution is -2.09. The van der Waals surface area contributed by atoms with E-state index in [1.54, 1.807) is 0 Å². The standard InChI is InChI=1S/C9H5F2NO2/c10-9(11)14-8(13)7-3-1-6(5-12)2-4-7/h1-4,9H. The SMILES string of the molecule is N#Cc1ccc(C(=O)OC(F)F)cc1. The highest BCUT2D eigenvalue weighted by Crippen LogP contribution is 2.07. The van der Waals surface area contributed by atoms with Crippen LogP contribution < -0.4 is 0 Å². The van der Waals surface area contributed by atoms with Gasteiger partial charge in [-0.1, -0.05) is 0 Å². The van der Waals surface area contributed by atoms with Crippen molar-refractivity contribution in [1.82, 2.24) is 0 Å². The van der Waals surface area contributed by atoms with E-state index in [1.807, 2.05) is 6.07 Å². The zero-order valence-electron chi connectivity index (χ0n) is 6.91. The van der Waals surface area contributed by atoms with Gasteiger partial charge in [0, 0.05) is 0 Å². The summed E-state index contributed by atoms with van der Waals surface area (Å²) in [6, 6.07) is 7.04. The first-order chi connectivity index (χ1) is 6.63. The van der Waals surface area contributed by atoms with Crippen molar-refractivity contribution in [3.05, 3.63) is 35.4 Å². The van der Waals surface area contributed by atoms with Crippen molar-refractivity contribution in [2.24, 2.45) is 0 Å². The molecule has 0 aliphatic heterocycles. The number of esters is 1. The van der Waals surface area contributed by atoms with Gasteiger partial charge in [-0.15, -0.1) is 0 Å². The van der Waals surface area contributed by atoms with Crippen LogP contribution in [0.5, 0.6) is 0 Å². The van der Waals surface area contributed by atoms with Crippen molar-refractivity contribution >= 4 is 5.97 Å². The molecule has 0 bridgehead atoms. The van der Waals surface area contributed by atoms with Crippen LogP contribution >= 0.6 is 0 Å². The lowest BCUT2D eigenvalue weighted by molar-refractivity contribution is -0.0906. The zero-order valence-corrected chi connectivity index (χ0v) is 6.91. The maximum absolute atomic E-state index is 11.6. The second-order valence-electron chi connectivity index (χ2n) is 2.36. The molecule has 0 fully saturated rings. The lowest BCUT2D eigenvalue weighted by Gasteiger charge is -2.01. The van der Waals surface area contributed by atoms with Crippen LogP contribution in [0.15, 0.2) is 24.3 Å². The van der Waals surface area contributed by atoms with E-state index in [2.05, 4.69) is 4.74 Å². The van der Waals surface area contributed by atoms with Gasteiger partial charge in [0.1, 0.15) is 0 Å². The normalized spacial score (nSPS) is 9.57. The predicted molar refractivity (Wildman–Crippen MR) is 42.6 cm³/mol. The fourth-order valence-corrected chi connectivity index (χ4v) is 0.830. The molecule has 1 rings (SSSR count). The Hall–Kier alpha value is -1.96. The summed E-state index contributed by atoms with van der Waals surface area (Å²) in [6.07, 6.45) is 0. The summed E-state index contributed by atoms with van der Waals surface area (Å²) in [5, 5.41) is 8.43. The molecule has 0 N–H and O–H groups in total. The van der Waals surface area contributed by atoms with Crippen LogP contribution in [0, 0.1) is 11.3 Å². The fourth-order valence-electron chi connectivity index (χ4n) is 0.830. The van der Waals surface area contributed by atoms with Gasteiger partial charge in [-0.2, -0.15) is 14.0 Å². The summed E-state index contributed by atoms with van der Waals surface area (Å²) in [5.74, 6) is -1.11. The minimum absolute atomic E-state index is 0.00991. The second kappa shape index (κ2) is 4.33. The summed E-state index contributed by atoms with van der Waals surface area (Å²) in [6.45, 7) is -3.13. The van der Waals surface area contributed by atoms with E-state index in [0.29, 0.717) is 5.56 Å². The highest BCUT2D eigenvalue weighted by atomic mass is 19.3. The third-order valence-electron chi connectivity index (χ3n) is 1.45. The molecule has 0 saturated carbocycles. The Kier molecular flexibility index (Phi) is 3.13. The van der Waals surface area contributed by atoms with Crippen LogP contribution in [0.4, 0.5) is 8.78 Å². The molecule has 1 aromatic rings. The van der Waals surface area contributed by atoms with Gasteiger partial charge in [-0.25, -0.2) is 4.79 Å². The Morgan fingerprint density at radius 2 is 1.93 bits per heavy atom. The summed E-state index contributed by atoms with van der Waals surface area (Å²) < 4.78 is 26.9. The average molecular weight is 197 g/mol. The molecular weight excluding hydrogens is 192 g/mol. The van der Waals surface area contributed by atoms with E-state index >= 15 is 0 Å². The topological polar surface area (TPSA) is 50.1 Å². The second-order valence-corrected chi connectivity index (χ2v) is 2.36. The maximum Gasteiger partial charge on any atom is 0.389 e. The molecule has 14 heavy (non-hydrogen) atoms. The molecule has 1 aromatic carbocycles. The minimum atomic E-state index is -3.13. The fraction of sp³-hybridized carbons (Fsp3) is 0.111. The van der Waals surface area contributed by atoms with E-state index in [1.165, 1.54) is 24.3 Å². The third kappa shape index (κ3) is 2.52. The molecule has 0 heterocycles. The number of halogens is 2. The number of nitrogens with zero attached hydrogens (tertiary/aromatic N) is 1. The highest BCUT2D eigenvalue weighted by molar-refractivity contribution is 5.89. The average Bonchev–Trinajstić information content (AvgIpc) is 2.17. The van der Waals surface area contributed by atoms with Crippen molar-refractivity contribution in [2.45, 2.75) is 6.61 Å². The van der Waals surface area contributed by atoms with Crippen LogP contribution in [0.3, 0.4) is 0 Å². The van der Waals surface area contributed by atoms with Gasteiger partial charge in [0.2, 0.25) is 0 Å². The van der Waals surface area contributed by atoms with Crippen LogP contribution in [0.1, 0.15) is 15.9 Å². The largest absolute Gasteiger partial charge is 0.399 e. The van der Waals surface area contributed by atoms with Gasteiger partial charge < -0.3 is 4.74 Å². The number of ether oxygens (including phenoxy) is 1. The maximum atomic E-state index is 11.6. The third-order valence-corrected chi connectivity index (χ3v) is 1.45. The predicted octanol–water partition coefficient (Wildman–Crippen LogP) is 1.94. The number of carbonyl (C=O) groups excluding carboxylic acids is 1.